The van der Waals surface area contributed by atoms with Gasteiger partial charge in [-0.15, -0.1) is 11.3 Å². The molecule has 0 atom stereocenters. The fourth-order valence-corrected chi connectivity index (χ4v) is 7.64. The third kappa shape index (κ3) is 3.94. The van der Waals surface area contributed by atoms with Gasteiger partial charge in [0, 0.05) is 22.4 Å². The van der Waals surface area contributed by atoms with E-state index in [-0.39, 0.29) is 23.4 Å². The van der Waals surface area contributed by atoms with Gasteiger partial charge in [-0.2, -0.15) is 5.10 Å². The average Bonchev–Trinajstić information content (AvgIpc) is 3.29. The van der Waals surface area contributed by atoms with E-state index in [9.17, 15) is 9.59 Å². The summed E-state index contributed by atoms with van der Waals surface area (Å²) in [6, 6.07) is 10.5. The molecule has 2 heterocycles. The second kappa shape index (κ2) is 8.34. The number of nitrogens with zero attached hydrogens (tertiary/aromatic N) is 3. The van der Waals surface area contributed by atoms with Gasteiger partial charge in [-0.25, -0.2) is 9.67 Å². The Bertz CT molecular complexity index is 1260. The molecule has 4 fully saturated rings. The molecular weight excluding hydrogens is 448 g/mol. The Kier molecular flexibility index (Phi) is 5.28. The minimum absolute atomic E-state index is 0.164. The van der Waals surface area contributed by atoms with E-state index in [1.165, 1.54) is 60.6 Å². The molecule has 1 amide bonds. The summed E-state index contributed by atoms with van der Waals surface area (Å²) < 4.78 is 6.47. The molecule has 176 valence electrons. The molecule has 8 heteroatoms. The van der Waals surface area contributed by atoms with Crippen LogP contribution in [0, 0.1) is 17.8 Å². The summed E-state index contributed by atoms with van der Waals surface area (Å²) in [5, 5.41) is 10.0. The van der Waals surface area contributed by atoms with Gasteiger partial charge in [-0.05, 0) is 74.5 Å². The molecule has 7 rings (SSSR count). The fraction of sp³-hybridized carbons (Fsp3) is 0.462. The number of nitrogens with one attached hydrogen (secondary N) is 1. The first-order chi connectivity index (χ1) is 16.5. The number of anilines is 1. The summed E-state index contributed by atoms with van der Waals surface area (Å²) in [6.07, 6.45) is 7.90. The SMILES string of the molecule is COc1cccc(-c2ccc(=O)n(CC(=O)Nc3nc(C45CC6CC(CC(C6)C4)C5)cs3)n2)c1. The second-order valence-corrected chi connectivity index (χ2v) is 11.1. The molecule has 0 spiro atoms. The van der Waals surface area contributed by atoms with Gasteiger partial charge in [0.2, 0.25) is 5.91 Å². The summed E-state index contributed by atoms with van der Waals surface area (Å²) in [7, 11) is 1.60. The zero-order chi connectivity index (χ0) is 23.3. The van der Waals surface area contributed by atoms with Crippen molar-refractivity contribution in [1.29, 1.82) is 0 Å². The highest BCUT2D eigenvalue weighted by atomic mass is 32.1. The van der Waals surface area contributed by atoms with Crippen LogP contribution in [0.5, 0.6) is 5.75 Å². The first-order valence-corrected chi connectivity index (χ1v) is 12.9. The van der Waals surface area contributed by atoms with Crippen LogP contribution >= 0.6 is 11.3 Å². The Morgan fingerprint density at radius 2 is 1.88 bits per heavy atom. The molecule has 2 aromatic heterocycles. The molecule has 3 aromatic rings. The van der Waals surface area contributed by atoms with Crippen molar-refractivity contribution < 1.29 is 9.53 Å². The quantitative estimate of drug-likeness (QED) is 0.567. The van der Waals surface area contributed by atoms with E-state index in [0.29, 0.717) is 16.6 Å². The van der Waals surface area contributed by atoms with Gasteiger partial charge in [0.1, 0.15) is 12.3 Å². The lowest BCUT2D eigenvalue weighted by Gasteiger charge is -2.56. The number of thiazole rings is 1. The molecule has 7 nitrogen and oxygen atoms in total. The second-order valence-electron chi connectivity index (χ2n) is 10.2. The Morgan fingerprint density at radius 3 is 2.59 bits per heavy atom. The van der Waals surface area contributed by atoms with Crippen LogP contribution in [-0.4, -0.2) is 27.8 Å². The number of carbonyl (C=O) groups is 1. The standard InChI is InChI=1S/C26H28N4O3S/c1-33-20-4-2-3-19(10-20)21-5-6-24(32)30(29-21)14-23(31)28-25-27-22(15-34-25)26-11-16-7-17(12-26)9-18(8-16)13-26/h2-6,10,15-18H,7-9,11-14H2,1H3,(H,27,28,31). The molecule has 0 saturated heterocycles. The van der Waals surface area contributed by atoms with Crippen LogP contribution in [0.1, 0.15) is 44.2 Å². The Labute approximate surface area is 202 Å². The number of carbonyl (C=O) groups excluding carboxylic acids is 1. The van der Waals surface area contributed by atoms with Gasteiger partial charge in [0.25, 0.3) is 5.56 Å². The predicted molar refractivity (Wildman–Crippen MR) is 131 cm³/mol. The highest BCUT2D eigenvalue weighted by Gasteiger charge is 2.52. The molecule has 0 unspecified atom stereocenters. The van der Waals surface area contributed by atoms with Gasteiger partial charge in [-0.3, -0.25) is 9.59 Å². The monoisotopic (exact) mass is 476 g/mol. The Morgan fingerprint density at radius 1 is 1.15 bits per heavy atom. The summed E-state index contributed by atoms with van der Waals surface area (Å²) >= 11 is 1.48. The van der Waals surface area contributed by atoms with E-state index in [1.54, 1.807) is 13.2 Å². The lowest BCUT2D eigenvalue weighted by atomic mass is 9.49. The molecule has 1 N–H and O–H groups in total. The van der Waals surface area contributed by atoms with Crippen molar-refractivity contribution in [2.45, 2.75) is 50.5 Å². The molecule has 0 aliphatic heterocycles. The van der Waals surface area contributed by atoms with Crippen LogP contribution in [0.25, 0.3) is 11.3 Å². The summed E-state index contributed by atoms with van der Waals surface area (Å²) in [5.41, 5.74) is 2.45. The minimum atomic E-state index is -0.324. The van der Waals surface area contributed by atoms with Crippen molar-refractivity contribution in [3.63, 3.8) is 0 Å². The maximum Gasteiger partial charge on any atom is 0.267 e. The number of methoxy groups -OCH3 is 1. The van der Waals surface area contributed by atoms with Gasteiger partial charge in [0.15, 0.2) is 5.13 Å². The van der Waals surface area contributed by atoms with Crippen LogP contribution in [0.3, 0.4) is 0 Å². The number of hydrogen-bond donors (Lipinski definition) is 1. The first-order valence-electron chi connectivity index (χ1n) is 12.0. The summed E-state index contributed by atoms with van der Waals surface area (Å²) in [5.74, 6) is 2.94. The Hall–Kier alpha value is -3.00. The van der Waals surface area contributed by atoms with E-state index in [2.05, 4.69) is 15.8 Å². The van der Waals surface area contributed by atoms with Crippen molar-refractivity contribution in [2.75, 3.05) is 12.4 Å². The lowest BCUT2D eigenvalue weighted by Crippen LogP contribution is -2.48. The maximum atomic E-state index is 12.8. The Balaban J connectivity index is 1.17. The molecule has 4 aliphatic carbocycles. The summed E-state index contributed by atoms with van der Waals surface area (Å²) in [4.78, 5) is 30.0. The van der Waals surface area contributed by atoms with Crippen molar-refractivity contribution in [1.82, 2.24) is 14.8 Å². The number of rotatable bonds is 6. The van der Waals surface area contributed by atoms with E-state index in [1.807, 2.05) is 24.3 Å². The molecule has 4 saturated carbocycles. The van der Waals surface area contributed by atoms with Crippen molar-refractivity contribution in [3.8, 4) is 17.0 Å². The molecular formula is C26H28N4O3S. The third-order valence-electron chi connectivity index (χ3n) is 7.86. The first kappa shape index (κ1) is 21.5. The van der Waals surface area contributed by atoms with Crippen molar-refractivity contribution in [2.24, 2.45) is 17.8 Å². The molecule has 1 aromatic carbocycles. The molecule has 34 heavy (non-hydrogen) atoms. The number of ether oxygens (including phenoxy) is 1. The highest BCUT2D eigenvalue weighted by molar-refractivity contribution is 7.13. The smallest absolute Gasteiger partial charge is 0.267 e. The summed E-state index contributed by atoms with van der Waals surface area (Å²) in [6.45, 7) is -0.164. The highest BCUT2D eigenvalue weighted by Crippen LogP contribution is 2.60. The van der Waals surface area contributed by atoms with Gasteiger partial charge >= 0.3 is 0 Å². The van der Waals surface area contributed by atoms with Gasteiger partial charge in [0.05, 0.1) is 18.5 Å². The van der Waals surface area contributed by atoms with Crippen LogP contribution in [0.15, 0.2) is 46.6 Å². The number of benzene rings is 1. The minimum Gasteiger partial charge on any atom is -0.497 e. The van der Waals surface area contributed by atoms with E-state index < -0.39 is 0 Å². The van der Waals surface area contributed by atoms with Crippen LogP contribution < -0.4 is 15.6 Å². The van der Waals surface area contributed by atoms with Gasteiger partial charge < -0.3 is 10.1 Å². The predicted octanol–water partition coefficient (Wildman–Crippen LogP) is 4.48. The van der Waals surface area contributed by atoms with Gasteiger partial charge in [-0.1, -0.05) is 12.1 Å². The van der Waals surface area contributed by atoms with Crippen LogP contribution in [0.4, 0.5) is 5.13 Å². The average molecular weight is 477 g/mol. The molecule has 0 radical (unpaired) electrons. The normalized spacial score (nSPS) is 27.0. The zero-order valence-corrected chi connectivity index (χ0v) is 20.0. The van der Waals surface area contributed by atoms with E-state index >= 15 is 0 Å². The number of hydrogen-bond acceptors (Lipinski definition) is 6. The van der Waals surface area contributed by atoms with Crippen molar-refractivity contribution >= 4 is 22.4 Å². The topological polar surface area (TPSA) is 86.1 Å². The molecule has 4 aliphatic rings. The van der Waals surface area contributed by atoms with Crippen molar-refractivity contribution in [3.05, 3.63) is 57.8 Å². The lowest BCUT2D eigenvalue weighted by molar-refractivity contribution is -0.117. The van der Waals surface area contributed by atoms with E-state index in [0.717, 1.165) is 29.0 Å². The van der Waals surface area contributed by atoms with E-state index in [4.69, 9.17) is 9.72 Å². The third-order valence-corrected chi connectivity index (χ3v) is 8.62. The zero-order valence-electron chi connectivity index (χ0n) is 19.2. The number of aromatic nitrogens is 3. The largest absolute Gasteiger partial charge is 0.497 e. The maximum absolute atomic E-state index is 12.8. The fourth-order valence-electron chi connectivity index (χ4n) is 6.79. The van der Waals surface area contributed by atoms with Crippen LogP contribution in [0.2, 0.25) is 0 Å². The number of amides is 1. The van der Waals surface area contributed by atoms with Crippen LogP contribution in [-0.2, 0) is 16.8 Å². The molecule has 4 bridgehead atoms.